The minimum Gasteiger partial charge on any atom is -0.405 e. The van der Waals surface area contributed by atoms with Gasteiger partial charge in [0.25, 0.3) is 5.56 Å². The molecule has 4 heterocycles. The molecule has 0 saturated carbocycles. The normalized spacial score (nSPS) is 11.9. The Labute approximate surface area is 155 Å². The number of aromatic amines is 1. The van der Waals surface area contributed by atoms with Crippen molar-refractivity contribution in [3.8, 4) is 0 Å². The molecule has 9 nitrogen and oxygen atoms in total. The van der Waals surface area contributed by atoms with E-state index in [1.165, 1.54) is 28.3 Å². The molecule has 11 heteroatoms. The van der Waals surface area contributed by atoms with Gasteiger partial charge in [0.05, 0.1) is 23.6 Å². The Morgan fingerprint density at radius 1 is 1.52 bits per heavy atom. The van der Waals surface area contributed by atoms with E-state index in [4.69, 9.17) is 11.1 Å². The van der Waals surface area contributed by atoms with E-state index < -0.39 is 5.82 Å². The lowest BCUT2D eigenvalue weighted by Gasteiger charge is -2.03. The molecule has 4 aromatic heterocycles. The summed E-state index contributed by atoms with van der Waals surface area (Å²) >= 11 is 1.41. The van der Waals surface area contributed by atoms with Gasteiger partial charge in [-0.15, -0.1) is 11.3 Å². The van der Waals surface area contributed by atoms with Gasteiger partial charge in [-0.2, -0.15) is 10.2 Å². The maximum Gasteiger partial charge on any atom is 0.291 e. The van der Waals surface area contributed by atoms with E-state index in [1.54, 1.807) is 17.8 Å². The lowest BCUT2D eigenvalue weighted by atomic mass is 10.3. The number of halogens is 1. The van der Waals surface area contributed by atoms with Crippen molar-refractivity contribution in [2.75, 3.05) is 0 Å². The summed E-state index contributed by atoms with van der Waals surface area (Å²) in [5.41, 5.74) is 6.52. The summed E-state index contributed by atoms with van der Waals surface area (Å²) in [5, 5.41) is 19.6. The number of nitrogens with one attached hydrogen (secondary N) is 2. The van der Waals surface area contributed by atoms with Crippen molar-refractivity contribution >= 4 is 38.3 Å². The summed E-state index contributed by atoms with van der Waals surface area (Å²) in [5.74, 6) is -0.517. The highest BCUT2D eigenvalue weighted by Gasteiger charge is 2.19. The van der Waals surface area contributed by atoms with Gasteiger partial charge in [-0.3, -0.25) is 9.89 Å². The van der Waals surface area contributed by atoms with Gasteiger partial charge in [0.1, 0.15) is 16.2 Å². The first-order valence-corrected chi connectivity index (χ1v) is 8.79. The lowest BCUT2D eigenvalue weighted by Crippen LogP contribution is -2.25. The quantitative estimate of drug-likeness (QED) is 0.445. The van der Waals surface area contributed by atoms with Gasteiger partial charge in [-0.25, -0.2) is 14.1 Å². The van der Waals surface area contributed by atoms with Crippen molar-refractivity contribution in [2.24, 2.45) is 12.8 Å². The summed E-state index contributed by atoms with van der Waals surface area (Å²) in [6.45, 7) is -0.0653. The molecule has 4 N–H and O–H groups in total. The Morgan fingerprint density at radius 2 is 2.33 bits per heavy atom. The van der Waals surface area contributed by atoms with Gasteiger partial charge < -0.3 is 15.7 Å². The summed E-state index contributed by atoms with van der Waals surface area (Å²) in [6.07, 6.45) is 5.90. The van der Waals surface area contributed by atoms with Crippen LogP contribution < -0.4 is 11.3 Å². The van der Waals surface area contributed by atoms with Crippen LogP contribution in [0.3, 0.4) is 0 Å². The molecule has 0 spiro atoms. The molecular formula is C16H15FN8OS. The third-order valence-corrected chi connectivity index (χ3v) is 5.25. The van der Waals surface area contributed by atoms with Crippen LogP contribution in [0.2, 0.25) is 0 Å². The van der Waals surface area contributed by atoms with Crippen LogP contribution >= 0.6 is 11.3 Å². The first-order chi connectivity index (χ1) is 13.0. The van der Waals surface area contributed by atoms with Crippen molar-refractivity contribution in [3.05, 3.63) is 51.5 Å². The molecule has 0 atom stereocenters. The van der Waals surface area contributed by atoms with E-state index in [-0.39, 0.29) is 17.8 Å². The van der Waals surface area contributed by atoms with E-state index in [0.717, 1.165) is 15.9 Å². The van der Waals surface area contributed by atoms with Gasteiger partial charge in [0, 0.05) is 24.6 Å². The fraction of sp³-hybridized carbons (Fsp3) is 0.188. The maximum atomic E-state index is 13.6. The van der Waals surface area contributed by atoms with Crippen LogP contribution in [0.1, 0.15) is 10.7 Å². The Morgan fingerprint density at radius 3 is 3.04 bits per heavy atom. The molecule has 27 heavy (non-hydrogen) atoms. The predicted octanol–water partition coefficient (Wildman–Crippen LogP) is 1.29. The molecule has 138 valence electrons. The number of H-pyrrole nitrogens is 1. The minimum absolute atomic E-state index is 0.0653. The van der Waals surface area contributed by atoms with Crippen molar-refractivity contribution in [2.45, 2.75) is 13.0 Å². The average molecular weight is 386 g/mol. The smallest absolute Gasteiger partial charge is 0.291 e. The highest BCUT2D eigenvalue weighted by molar-refractivity contribution is 7.19. The van der Waals surface area contributed by atoms with Crippen LogP contribution in [0.5, 0.6) is 0 Å². The highest BCUT2D eigenvalue weighted by Crippen LogP contribution is 2.31. The van der Waals surface area contributed by atoms with Crippen LogP contribution in [0.15, 0.2) is 29.5 Å². The number of fused-ring (bicyclic) bond motifs is 3. The Balaban J connectivity index is 1.79. The molecule has 4 rings (SSSR count). The van der Waals surface area contributed by atoms with Gasteiger partial charge in [-0.05, 0) is 12.3 Å². The Bertz CT molecular complexity index is 1260. The van der Waals surface area contributed by atoms with Crippen LogP contribution in [0.4, 0.5) is 4.39 Å². The maximum absolute atomic E-state index is 13.6. The molecule has 0 saturated heterocycles. The standard InChI is InChI=1S/C16H15FN8OS/c1-24-13-9(14-15(24)22-12(27-14)4-8(19)2-3-18)5-21-25(16(13)26)7-11-10(17)6-20-23-11/h2-3,5-6,19H,4,7,18H2,1H3,(H,20,23)/b3-2-,19-8?. The number of nitrogens with two attached hydrogens (primary N) is 1. The molecule has 0 aliphatic heterocycles. The van der Waals surface area contributed by atoms with Gasteiger partial charge in [0.15, 0.2) is 11.5 Å². The van der Waals surface area contributed by atoms with E-state index in [0.29, 0.717) is 28.7 Å². The van der Waals surface area contributed by atoms with Crippen molar-refractivity contribution in [3.63, 3.8) is 0 Å². The first-order valence-electron chi connectivity index (χ1n) is 7.97. The summed E-state index contributed by atoms with van der Waals surface area (Å²) < 4.78 is 17.3. The lowest BCUT2D eigenvalue weighted by molar-refractivity contribution is 0.570. The SMILES string of the molecule is Cn1c2nc(CC(=N)/C=C\N)sc2c2cnn(Cc3n[nH]cc3F)c(=O)c21. The molecule has 0 unspecified atom stereocenters. The van der Waals surface area contributed by atoms with E-state index >= 15 is 0 Å². The monoisotopic (exact) mass is 386 g/mol. The fourth-order valence-corrected chi connectivity index (χ4v) is 4.04. The number of aromatic nitrogens is 6. The van der Waals surface area contributed by atoms with Gasteiger partial charge >= 0.3 is 0 Å². The molecule has 0 aromatic carbocycles. The van der Waals surface area contributed by atoms with Crippen molar-refractivity contribution in [1.82, 2.24) is 29.5 Å². The zero-order chi connectivity index (χ0) is 19.1. The van der Waals surface area contributed by atoms with Crippen LogP contribution in [0.25, 0.3) is 21.3 Å². The predicted molar refractivity (Wildman–Crippen MR) is 101 cm³/mol. The number of hydrogen-bond acceptors (Lipinski definition) is 7. The van der Waals surface area contributed by atoms with Gasteiger partial charge in [-0.1, -0.05) is 0 Å². The second-order valence-electron chi connectivity index (χ2n) is 5.93. The average Bonchev–Trinajstić information content (AvgIpc) is 3.28. The van der Waals surface area contributed by atoms with E-state index in [1.807, 2.05) is 0 Å². The number of thiazole rings is 1. The second kappa shape index (κ2) is 6.43. The second-order valence-corrected chi connectivity index (χ2v) is 7.01. The van der Waals surface area contributed by atoms with E-state index in [9.17, 15) is 9.18 Å². The van der Waals surface area contributed by atoms with Crippen molar-refractivity contribution in [1.29, 1.82) is 5.41 Å². The number of rotatable bonds is 5. The topological polar surface area (TPSA) is 131 Å². The minimum atomic E-state index is -0.517. The molecule has 0 bridgehead atoms. The van der Waals surface area contributed by atoms with Crippen LogP contribution in [-0.4, -0.2) is 35.2 Å². The summed E-state index contributed by atoms with van der Waals surface area (Å²) in [7, 11) is 1.75. The first kappa shape index (κ1) is 17.1. The molecular weight excluding hydrogens is 371 g/mol. The molecule has 4 aromatic rings. The highest BCUT2D eigenvalue weighted by atomic mass is 32.1. The number of hydrogen-bond donors (Lipinski definition) is 3. The fourth-order valence-electron chi connectivity index (χ4n) is 2.92. The number of nitrogens with zero attached hydrogens (tertiary/aromatic N) is 5. The molecule has 0 radical (unpaired) electrons. The zero-order valence-corrected chi connectivity index (χ0v) is 15.0. The van der Waals surface area contributed by atoms with E-state index in [2.05, 4.69) is 20.3 Å². The largest absolute Gasteiger partial charge is 0.405 e. The third kappa shape index (κ3) is 2.81. The summed E-state index contributed by atoms with van der Waals surface area (Å²) in [6, 6.07) is 0. The Hall–Kier alpha value is -3.34. The van der Waals surface area contributed by atoms with Crippen LogP contribution in [-0.2, 0) is 20.0 Å². The number of aryl methyl sites for hydroxylation is 1. The molecule has 0 aliphatic carbocycles. The van der Waals surface area contributed by atoms with Crippen molar-refractivity contribution < 1.29 is 4.39 Å². The molecule has 0 aliphatic rings. The zero-order valence-electron chi connectivity index (χ0n) is 14.2. The van der Waals surface area contributed by atoms with Crippen LogP contribution in [0, 0.1) is 11.2 Å². The Kier molecular flexibility index (Phi) is 4.07. The number of allylic oxidation sites excluding steroid dienone is 1. The van der Waals surface area contributed by atoms with Gasteiger partial charge in [0.2, 0.25) is 0 Å². The molecule has 0 amide bonds. The molecule has 0 fully saturated rings. The third-order valence-electron chi connectivity index (χ3n) is 4.17. The summed E-state index contributed by atoms with van der Waals surface area (Å²) in [4.78, 5) is 17.4.